The minimum atomic E-state index is -0.154. The maximum Gasteiger partial charge on any atom is 0.240 e. The van der Waals surface area contributed by atoms with Gasteiger partial charge < -0.3 is 4.52 Å². The van der Waals surface area contributed by atoms with E-state index in [1.54, 1.807) is 6.07 Å². The van der Waals surface area contributed by atoms with E-state index in [0.29, 0.717) is 30.9 Å². The van der Waals surface area contributed by atoms with Crippen LogP contribution in [0.2, 0.25) is 0 Å². The molecule has 0 N–H and O–H groups in total. The van der Waals surface area contributed by atoms with Crippen molar-refractivity contribution < 1.29 is 8.91 Å². The minimum absolute atomic E-state index is 0.154. The molecule has 1 heterocycles. The van der Waals surface area contributed by atoms with E-state index in [2.05, 4.69) is 28.9 Å². The van der Waals surface area contributed by atoms with Crippen LogP contribution in [0, 0.1) is 11.7 Å². The Balaban J connectivity index is 1.67. The van der Waals surface area contributed by atoms with Gasteiger partial charge in [0.1, 0.15) is 5.82 Å². The standard InChI is InChI=1S/C17H22FN3O/c1-12(2)9-16-19-17(22-20-16)11-21(14-7-8-14)10-13-5-3-4-6-15(13)18/h3-6,12,14H,7-11H2,1-2H3. The first-order valence-electron chi connectivity index (χ1n) is 7.90. The molecule has 1 aromatic carbocycles. The Labute approximate surface area is 130 Å². The molecule has 0 unspecified atom stereocenters. The van der Waals surface area contributed by atoms with Crippen LogP contribution in [0.4, 0.5) is 4.39 Å². The molecule has 3 rings (SSSR count). The van der Waals surface area contributed by atoms with E-state index in [-0.39, 0.29) is 5.82 Å². The van der Waals surface area contributed by atoms with Crippen LogP contribution >= 0.6 is 0 Å². The van der Waals surface area contributed by atoms with Gasteiger partial charge in [0.2, 0.25) is 5.89 Å². The van der Waals surface area contributed by atoms with Crippen LogP contribution in [0.25, 0.3) is 0 Å². The van der Waals surface area contributed by atoms with E-state index in [4.69, 9.17) is 4.52 Å². The largest absolute Gasteiger partial charge is 0.338 e. The van der Waals surface area contributed by atoms with Gasteiger partial charge in [-0.15, -0.1) is 0 Å². The second-order valence-corrected chi connectivity index (χ2v) is 6.43. The van der Waals surface area contributed by atoms with E-state index in [1.807, 2.05) is 12.1 Å². The van der Waals surface area contributed by atoms with Crippen LogP contribution in [0.15, 0.2) is 28.8 Å². The molecule has 1 fully saturated rings. The average Bonchev–Trinajstić information content (AvgIpc) is 3.23. The van der Waals surface area contributed by atoms with Crippen LogP contribution in [0.1, 0.15) is 44.0 Å². The number of nitrogens with zero attached hydrogens (tertiary/aromatic N) is 3. The van der Waals surface area contributed by atoms with E-state index < -0.39 is 0 Å². The number of rotatable bonds is 7. The van der Waals surface area contributed by atoms with Crippen molar-refractivity contribution in [1.29, 1.82) is 0 Å². The van der Waals surface area contributed by atoms with Crippen molar-refractivity contribution in [3.8, 4) is 0 Å². The maximum absolute atomic E-state index is 13.8. The van der Waals surface area contributed by atoms with Gasteiger partial charge in [-0.25, -0.2) is 4.39 Å². The van der Waals surface area contributed by atoms with Gasteiger partial charge >= 0.3 is 0 Å². The third kappa shape index (κ3) is 3.91. The van der Waals surface area contributed by atoms with E-state index in [1.165, 1.54) is 6.07 Å². The van der Waals surface area contributed by atoms with E-state index >= 15 is 0 Å². The summed E-state index contributed by atoms with van der Waals surface area (Å²) >= 11 is 0. The summed E-state index contributed by atoms with van der Waals surface area (Å²) in [5.41, 5.74) is 0.719. The van der Waals surface area contributed by atoms with Gasteiger partial charge in [-0.05, 0) is 24.8 Å². The van der Waals surface area contributed by atoms with Gasteiger partial charge in [-0.3, -0.25) is 4.90 Å². The monoisotopic (exact) mass is 303 g/mol. The Bertz CT molecular complexity index is 622. The Morgan fingerprint density at radius 1 is 1.27 bits per heavy atom. The van der Waals surface area contributed by atoms with Crippen molar-refractivity contribution in [2.45, 2.75) is 52.2 Å². The van der Waals surface area contributed by atoms with Gasteiger partial charge in [-0.2, -0.15) is 4.98 Å². The number of aromatic nitrogens is 2. The molecule has 1 aromatic heterocycles. The van der Waals surface area contributed by atoms with E-state index in [9.17, 15) is 4.39 Å². The normalized spacial score (nSPS) is 15.0. The second-order valence-electron chi connectivity index (χ2n) is 6.43. The van der Waals surface area contributed by atoms with Crippen molar-refractivity contribution in [2.24, 2.45) is 5.92 Å². The molecule has 0 bridgehead atoms. The molecule has 0 atom stereocenters. The zero-order valence-electron chi connectivity index (χ0n) is 13.1. The summed E-state index contributed by atoms with van der Waals surface area (Å²) in [5.74, 6) is 1.73. The van der Waals surface area contributed by atoms with Gasteiger partial charge in [0.05, 0.1) is 6.54 Å². The summed E-state index contributed by atoms with van der Waals surface area (Å²) in [6.07, 6.45) is 3.13. The summed E-state index contributed by atoms with van der Waals surface area (Å²) in [6.45, 7) is 5.43. The highest BCUT2D eigenvalue weighted by atomic mass is 19.1. The molecule has 1 aliphatic rings. The fraction of sp³-hybridized carbons (Fsp3) is 0.529. The molecule has 0 aliphatic heterocycles. The third-order valence-corrected chi connectivity index (χ3v) is 3.83. The predicted molar refractivity (Wildman–Crippen MR) is 81.5 cm³/mol. The first kappa shape index (κ1) is 15.2. The fourth-order valence-electron chi connectivity index (χ4n) is 2.58. The molecule has 4 nitrogen and oxygen atoms in total. The molecule has 1 saturated carbocycles. The number of halogens is 1. The topological polar surface area (TPSA) is 42.2 Å². The zero-order valence-corrected chi connectivity index (χ0v) is 13.1. The quantitative estimate of drug-likeness (QED) is 0.784. The summed E-state index contributed by atoms with van der Waals surface area (Å²) in [6, 6.07) is 7.43. The molecule has 2 aromatic rings. The Kier molecular flexibility index (Phi) is 4.52. The van der Waals surface area contributed by atoms with E-state index in [0.717, 1.165) is 30.7 Å². The molecular formula is C17H22FN3O. The lowest BCUT2D eigenvalue weighted by Gasteiger charge is -2.20. The van der Waals surface area contributed by atoms with Gasteiger partial charge in [0, 0.05) is 24.6 Å². The highest BCUT2D eigenvalue weighted by Crippen LogP contribution is 2.30. The summed E-state index contributed by atoms with van der Waals surface area (Å²) in [5, 5.41) is 4.03. The van der Waals surface area contributed by atoms with Crippen molar-refractivity contribution in [1.82, 2.24) is 15.0 Å². The van der Waals surface area contributed by atoms with Crippen molar-refractivity contribution in [3.63, 3.8) is 0 Å². The van der Waals surface area contributed by atoms with Crippen molar-refractivity contribution >= 4 is 0 Å². The van der Waals surface area contributed by atoms with Crippen molar-refractivity contribution in [3.05, 3.63) is 47.4 Å². The molecule has 118 valence electrons. The van der Waals surface area contributed by atoms with Crippen LogP contribution in [-0.2, 0) is 19.5 Å². The summed E-state index contributed by atoms with van der Waals surface area (Å²) in [7, 11) is 0. The van der Waals surface area contributed by atoms with Gasteiger partial charge in [0.25, 0.3) is 0 Å². The smallest absolute Gasteiger partial charge is 0.240 e. The van der Waals surface area contributed by atoms with Crippen molar-refractivity contribution in [2.75, 3.05) is 0 Å². The Morgan fingerprint density at radius 2 is 2.05 bits per heavy atom. The number of benzene rings is 1. The molecule has 22 heavy (non-hydrogen) atoms. The SMILES string of the molecule is CC(C)Cc1noc(CN(Cc2ccccc2F)C2CC2)n1. The molecule has 0 amide bonds. The highest BCUT2D eigenvalue weighted by Gasteiger charge is 2.30. The summed E-state index contributed by atoms with van der Waals surface area (Å²) in [4.78, 5) is 6.68. The lowest BCUT2D eigenvalue weighted by molar-refractivity contribution is 0.207. The minimum Gasteiger partial charge on any atom is -0.338 e. The predicted octanol–water partition coefficient (Wildman–Crippen LogP) is 3.57. The molecular weight excluding hydrogens is 281 g/mol. The Morgan fingerprint density at radius 3 is 2.73 bits per heavy atom. The second kappa shape index (κ2) is 6.57. The number of hydrogen-bond donors (Lipinski definition) is 0. The van der Waals surface area contributed by atoms with Gasteiger partial charge in [0.15, 0.2) is 5.82 Å². The first-order valence-corrected chi connectivity index (χ1v) is 7.90. The highest BCUT2D eigenvalue weighted by molar-refractivity contribution is 5.17. The van der Waals surface area contributed by atoms with Crippen LogP contribution in [0.5, 0.6) is 0 Å². The fourth-order valence-corrected chi connectivity index (χ4v) is 2.58. The lowest BCUT2D eigenvalue weighted by atomic mass is 10.1. The first-order chi connectivity index (χ1) is 10.6. The summed E-state index contributed by atoms with van der Waals surface area (Å²) < 4.78 is 19.2. The molecule has 0 saturated heterocycles. The number of hydrogen-bond acceptors (Lipinski definition) is 4. The van der Waals surface area contributed by atoms with Crippen LogP contribution in [-0.4, -0.2) is 21.1 Å². The van der Waals surface area contributed by atoms with Crippen LogP contribution in [0.3, 0.4) is 0 Å². The van der Waals surface area contributed by atoms with Gasteiger partial charge in [-0.1, -0.05) is 37.2 Å². The lowest BCUT2D eigenvalue weighted by Crippen LogP contribution is -2.25. The molecule has 1 aliphatic carbocycles. The average molecular weight is 303 g/mol. The molecule has 5 heteroatoms. The Hall–Kier alpha value is -1.75. The molecule has 0 spiro atoms. The molecule has 0 radical (unpaired) electrons. The van der Waals surface area contributed by atoms with Crippen LogP contribution < -0.4 is 0 Å². The maximum atomic E-state index is 13.8. The zero-order chi connectivity index (χ0) is 15.5. The third-order valence-electron chi connectivity index (χ3n) is 3.83.